The molecule has 0 unspecified atom stereocenters. The maximum absolute atomic E-state index is 6.00. The molecule has 0 aliphatic heterocycles. The zero-order chi connectivity index (χ0) is 15.1. The topological polar surface area (TPSA) is 68.2 Å². The molecule has 0 saturated carbocycles. The Kier molecular flexibility index (Phi) is 7.94. The fraction of sp³-hybridized carbons (Fsp3) is 0.375. The lowest BCUT2D eigenvalue weighted by Crippen LogP contribution is -2.25. The van der Waals surface area contributed by atoms with E-state index in [1.807, 2.05) is 16.9 Å². The predicted octanol–water partition coefficient (Wildman–Crippen LogP) is 3.05. The molecule has 0 aliphatic carbocycles. The second-order valence-corrected chi connectivity index (χ2v) is 4.82. The smallest absolute Gasteiger partial charge is 0.193 e. The quantitative estimate of drug-likeness (QED) is 0.435. The van der Waals surface area contributed by atoms with Crippen LogP contribution in [0, 0.1) is 0 Å². The average molecular weight is 413 g/mol. The molecule has 1 heterocycles. The van der Waals surface area contributed by atoms with Crippen LogP contribution in [0.1, 0.15) is 25.0 Å². The summed E-state index contributed by atoms with van der Waals surface area (Å²) in [6.45, 7) is 5.62. The SMILES string of the molecule is CCc1cccc(CC)c1NC(N)=NCCn1cccn1.I. The number of anilines is 1. The number of halogens is 1. The van der Waals surface area contributed by atoms with Crippen LogP contribution in [-0.2, 0) is 19.4 Å². The van der Waals surface area contributed by atoms with E-state index in [0.717, 1.165) is 25.1 Å². The first-order chi connectivity index (χ1) is 10.2. The minimum Gasteiger partial charge on any atom is -0.370 e. The summed E-state index contributed by atoms with van der Waals surface area (Å²) >= 11 is 0. The van der Waals surface area contributed by atoms with Crippen LogP contribution >= 0.6 is 24.0 Å². The maximum atomic E-state index is 6.00. The van der Waals surface area contributed by atoms with Crippen LogP contribution in [0.25, 0.3) is 0 Å². The summed E-state index contributed by atoms with van der Waals surface area (Å²) in [6.07, 6.45) is 5.62. The minimum atomic E-state index is 0. The van der Waals surface area contributed by atoms with Gasteiger partial charge in [0.2, 0.25) is 0 Å². The van der Waals surface area contributed by atoms with Gasteiger partial charge in [-0.15, -0.1) is 24.0 Å². The number of para-hydroxylation sites is 1. The van der Waals surface area contributed by atoms with Crippen molar-refractivity contribution < 1.29 is 0 Å². The molecule has 2 aromatic rings. The zero-order valence-electron chi connectivity index (χ0n) is 13.1. The van der Waals surface area contributed by atoms with E-state index in [-0.39, 0.29) is 24.0 Å². The molecule has 0 saturated heterocycles. The van der Waals surface area contributed by atoms with Gasteiger partial charge in [0, 0.05) is 18.1 Å². The van der Waals surface area contributed by atoms with E-state index in [1.54, 1.807) is 6.20 Å². The van der Waals surface area contributed by atoms with E-state index in [9.17, 15) is 0 Å². The predicted molar refractivity (Wildman–Crippen MR) is 103 cm³/mol. The first-order valence-corrected chi connectivity index (χ1v) is 7.39. The third-order valence-electron chi connectivity index (χ3n) is 3.42. The lowest BCUT2D eigenvalue weighted by Gasteiger charge is -2.14. The highest BCUT2D eigenvalue weighted by Crippen LogP contribution is 2.22. The first kappa shape index (κ1) is 18.5. The largest absolute Gasteiger partial charge is 0.370 e. The van der Waals surface area contributed by atoms with Gasteiger partial charge in [-0.05, 0) is 30.0 Å². The number of aliphatic imine (C=N–C) groups is 1. The number of guanidine groups is 1. The number of aromatic nitrogens is 2. The number of rotatable bonds is 6. The van der Waals surface area contributed by atoms with Crippen molar-refractivity contribution in [3.63, 3.8) is 0 Å². The molecule has 0 fully saturated rings. The highest BCUT2D eigenvalue weighted by Gasteiger charge is 2.06. The molecule has 0 radical (unpaired) electrons. The monoisotopic (exact) mass is 413 g/mol. The zero-order valence-corrected chi connectivity index (χ0v) is 15.5. The summed E-state index contributed by atoms with van der Waals surface area (Å²) in [6, 6.07) is 8.24. The Balaban J connectivity index is 0.00000242. The third-order valence-corrected chi connectivity index (χ3v) is 3.42. The second kappa shape index (κ2) is 9.45. The highest BCUT2D eigenvalue weighted by molar-refractivity contribution is 14.0. The number of hydrogen-bond donors (Lipinski definition) is 2. The Hall–Kier alpha value is -1.57. The molecular weight excluding hydrogens is 389 g/mol. The number of benzene rings is 1. The standard InChI is InChI=1S/C16H23N5.HI/c1-3-13-7-5-8-14(4-2)15(13)20-16(17)18-10-12-21-11-6-9-19-21;/h5-9,11H,3-4,10,12H2,1-2H3,(H3,17,18,20);1H. The summed E-state index contributed by atoms with van der Waals surface area (Å²) < 4.78 is 1.84. The van der Waals surface area contributed by atoms with Crippen LogP contribution in [-0.4, -0.2) is 22.3 Å². The minimum absolute atomic E-state index is 0. The lowest BCUT2D eigenvalue weighted by atomic mass is 10.0. The molecule has 0 spiro atoms. The molecule has 0 amide bonds. The summed E-state index contributed by atoms with van der Waals surface area (Å²) in [5.74, 6) is 0.456. The lowest BCUT2D eigenvalue weighted by molar-refractivity contribution is 0.625. The van der Waals surface area contributed by atoms with Crippen molar-refractivity contribution >= 4 is 35.6 Å². The highest BCUT2D eigenvalue weighted by atomic mass is 127. The Labute approximate surface area is 149 Å². The van der Waals surface area contributed by atoms with Crippen LogP contribution in [0.15, 0.2) is 41.7 Å². The fourth-order valence-corrected chi connectivity index (χ4v) is 2.28. The third kappa shape index (κ3) is 5.01. The fourth-order valence-electron chi connectivity index (χ4n) is 2.28. The molecule has 22 heavy (non-hydrogen) atoms. The molecule has 2 rings (SSSR count). The van der Waals surface area contributed by atoms with Gasteiger partial charge >= 0.3 is 0 Å². The van der Waals surface area contributed by atoms with Crippen molar-refractivity contribution in [2.24, 2.45) is 10.7 Å². The summed E-state index contributed by atoms with van der Waals surface area (Å²) in [4.78, 5) is 4.37. The summed E-state index contributed by atoms with van der Waals surface area (Å²) in [5.41, 5.74) is 9.63. The van der Waals surface area contributed by atoms with Crippen LogP contribution < -0.4 is 11.1 Å². The van der Waals surface area contributed by atoms with Crippen LogP contribution in [0.5, 0.6) is 0 Å². The molecule has 0 aliphatic rings. The summed E-state index contributed by atoms with van der Waals surface area (Å²) in [7, 11) is 0. The second-order valence-electron chi connectivity index (χ2n) is 4.82. The van der Waals surface area contributed by atoms with Gasteiger partial charge in [0.1, 0.15) is 0 Å². The molecule has 5 nitrogen and oxygen atoms in total. The van der Waals surface area contributed by atoms with Gasteiger partial charge < -0.3 is 11.1 Å². The molecule has 120 valence electrons. The van der Waals surface area contributed by atoms with Gasteiger partial charge in [0.25, 0.3) is 0 Å². The number of aryl methyl sites for hydroxylation is 2. The van der Waals surface area contributed by atoms with Gasteiger partial charge in [-0.1, -0.05) is 32.0 Å². The van der Waals surface area contributed by atoms with E-state index < -0.39 is 0 Å². The first-order valence-electron chi connectivity index (χ1n) is 7.39. The Bertz CT molecular complexity index is 570. The molecular formula is C16H24IN5. The number of nitrogens with one attached hydrogen (secondary N) is 1. The van der Waals surface area contributed by atoms with Gasteiger partial charge in [0.05, 0.1) is 13.1 Å². The van der Waals surface area contributed by atoms with Gasteiger partial charge in [-0.25, -0.2) is 0 Å². The van der Waals surface area contributed by atoms with E-state index >= 15 is 0 Å². The van der Waals surface area contributed by atoms with Crippen molar-refractivity contribution in [2.75, 3.05) is 11.9 Å². The van der Waals surface area contributed by atoms with Crippen LogP contribution in [0.4, 0.5) is 5.69 Å². The Morgan fingerprint density at radius 2 is 1.91 bits per heavy atom. The number of nitrogens with zero attached hydrogens (tertiary/aromatic N) is 3. The normalized spacial score (nSPS) is 11.1. The molecule has 6 heteroatoms. The van der Waals surface area contributed by atoms with Gasteiger partial charge in [0.15, 0.2) is 5.96 Å². The van der Waals surface area contributed by atoms with E-state index in [1.165, 1.54) is 11.1 Å². The van der Waals surface area contributed by atoms with E-state index in [4.69, 9.17) is 5.73 Å². The molecule has 1 aromatic heterocycles. The molecule has 1 aromatic carbocycles. The van der Waals surface area contributed by atoms with Crippen molar-refractivity contribution in [1.29, 1.82) is 0 Å². The van der Waals surface area contributed by atoms with Crippen molar-refractivity contribution in [3.05, 3.63) is 47.8 Å². The van der Waals surface area contributed by atoms with Crippen LogP contribution in [0.3, 0.4) is 0 Å². The summed E-state index contributed by atoms with van der Waals surface area (Å²) in [5, 5.41) is 7.40. The maximum Gasteiger partial charge on any atom is 0.193 e. The van der Waals surface area contributed by atoms with Gasteiger partial charge in [-0.2, -0.15) is 5.10 Å². The van der Waals surface area contributed by atoms with E-state index in [0.29, 0.717) is 12.5 Å². The molecule has 0 bridgehead atoms. The Morgan fingerprint density at radius 1 is 1.23 bits per heavy atom. The van der Waals surface area contributed by atoms with Gasteiger partial charge in [-0.3, -0.25) is 9.67 Å². The average Bonchev–Trinajstić information content (AvgIpc) is 3.00. The Morgan fingerprint density at radius 3 is 2.45 bits per heavy atom. The van der Waals surface area contributed by atoms with Crippen LogP contribution in [0.2, 0.25) is 0 Å². The molecule has 3 N–H and O–H groups in total. The van der Waals surface area contributed by atoms with Crippen molar-refractivity contribution in [2.45, 2.75) is 33.2 Å². The number of hydrogen-bond acceptors (Lipinski definition) is 2. The number of nitrogens with two attached hydrogens (primary N) is 1. The van der Waals surface area contributed by atoms with E-state index in [2.05, 4.69) is 47.5 Å². The molecule has 0 atom stereocenters. The van der Waals surface area contributed by atoms with Crippen molar-refractivity contribution in [1.82, 2.24) is 9.78 Å². The van der Waals surface area contributed by atoms with Crippen molar-refractivity contribution in [3.8, 4) is 0 Å².